The molecule has 7 heteroatoms. The molecule has 5 rings (SSSR count). The van der Waals surface area contributed by atoms with Gasteiger partial charge in [0.05, 0.1) is 27.6 Å². The molecule has 1 aliphatic heterocycles. The van der Waals surface area contributed by atoms with Gasteiger partial charge in [0.15, 0.2) is 0 Å². The van der Waals surface area contributed by atoms with Crippen LogP contribution in [0.25, 0.3) is 0 Å². The van der Waals surface area contributed by atoms with Crippen molar-refractivity contribution in [3.63, 3.8) is 0 Å². The number of hydrogen-bond donors (Lipinski definition) is 1. The quantitative estimate of drug-likeness (QED) is 0.710. The molecule has 4 atom stereocenters. The zero-order valence-corrected chi connectivity index (χ0v) is 17.6. The molecule has 1 N–H and O–H groups in total. The summed E-state index contributed by atoms with van der Waals surface area (Å²) in [7, 11) is 0. The first-order valence-electron chi connectivity index (χ1n) is 10.6. The van der Waals surface area contributed by atoms with Crippen LogP contribution in [0.1, 0.15) is 44.9 Å². The van der Waals surface area contributed by atoms with Crippen molar-refractivity contribution in [2.45, 2.75) is 51.0 Å². The molecule has 1 aromatic carbocycles. The number of hydrogen-bond acceptors (Lipinski definition) is 3. The molecule has 4 fully saturated rings. The second-order valence-corrected chi connectivity index (χ2v) is 9.81. The lowest BCUT2D eigenvalue weighted by Gasteiger charge is -2.33. The van der Waals surface area contributed by atoms with Gasteiger partial charge in [0.2, 0.25) is 17.7 Å². The summed E-state index contributed by atoms with van der Waals surface area (Å²) < 4.78 is 0. The van der Waals surface area contributed by atoms with Crippen LogP contribution in [0.5, 0.6) is 0 Å². The minimum Gasteiger partial charge on any atom is -0.324 e. The molecule has 5 nitrogen and oxygen atoms in total. The Morgan fingerprint density at radius 1 is 0.931 bits per heavy atom. The number of anilines is 1. The van der Waals surface area contributed by atoms with Crippen LogP contribution in [0.4, 0.5) is 5.69 Å². The van der Waals surface area contributed by atoms with E-state index in [9.17, 15) is 14.4 Å². The average molecular weight is 435 g/mol. The van der Waals surface area contributed by atoms with Crippen molar-refractivity contribution in [2.24, 2.45) is 29.6 Å². The van der Waals surface area contributed by atoms with Gasteiger partial charge in [-0.05, 0) is 68.9 Å². The number of amides is 3. The lowest BCUT2D eigenvalue weighted by Crippen LogP contribution is -2.44. The zero-order chi connectivity index (χ0) is 20.3. The molecule has 154 valence electrons. The third-order valence-electron chi connectivity index (χ3n) is 7.60. The molecule has 29 heavy (non-hydrogen) atoms. The van der Waals surface area contributed by atoms with E-state index in [1.165, 1.54) is 0 Å². The van der Waals surface area contributed by atoms with E-state index in [1.54, 1.807) is 23.1 Å². The Morgan fingerprint density at radius 2 is 1.55 bits per heavy atom. The van der Waals surface area contributed by atoms with Crippen LogP contribution in [-0.2, 0) is 14.4 Å². The van der Waals surface area contributed by atoms with Gasteiger partial charge in [-0.15, -0.1) is 0 Å². The van der Waals surface area contributed by atoms with Gasteiger partial charge >= 0.3 is 0 Å². The Morgan fingerprint density at radius 3 is 2.17 bits per heavy atom. The number of fused-ring (bicyclic) bond motifs is 5. The molecule has 0 spiro atoms. The highest BCUT2D eigenvalue weighted by Gasteiger charge is 2.61. The number of nitrogens with one attached hydrogen (secondary N) is 1. The number of carbonyl (C=O) groups excluding carboxylic acids is 3. The molecular weight excluding hydrogens is 411 g/mol. The Hall–Kier alpha value is -1.59. The van der Waals surface area contributed by atoms with Crippen LogP contribution in [0.15, 0.2) is 18.2 Å². The average Bonchev–Trinajstić information content (AvgIpc) is 3.39. The van der Waals surface area contributed by atoms with Crippen LogP contribution in [0.2, 0.25) is 10.0 Å². The topological polar surface area (TPSA) is 66.5 Å². The van der Waals surface area contributed by atoms with Gasteiger partial charge in [0.1, 0.15) is 0 Å². The third-order valence-corrected chi connectivity index (χ3v) is 8.42. The predicted molar refractivity (Wildman–Crippen MR) is 111 cm³/mol. The van der Waals surface area contributed by atoms with E-state index in [4.69, 9.17) is 23.2 Å². The maximum atomic E-state index is 13.0. The fourth-order valence-corrected chi connectivity index (χ4v) is 6.57. The Kier molecular flexibility index (Phi) is 4.86. The maximum absolute atomic E-state index is 13.0. The van der Waals surface area contributed by atoms with Crippen molar-refractivity contribution in [3.8, 4) is 0 Å². The van der Waals surface area contributed by atoms with Crippen molar-refractivity contribution in [1.82, 2.24) is 4.90 Å². The molecule has 4 aliphatic rings. The number of rotatable bonds is 3. The summed E-state index contributed by atoms with van der Waals surface area (Å²) >= 11 is 12.2. The lowest BCUT2D eigenvalue weighted by atomic mass is 9.81. The summed E-state index contributed by atoms with van der Waals surface area (Å²) in [5.41, 5.74) is 0.513. The second-order valence-electron chi connectivity index (χ2n) is 9.03. The van der Waals surface area contributed by atoms with Crippen molar-refractivity contribution in [1.29, 1.82) is 0 Å². The highest BCUT2D eigenvalue weighted by Crippen LogP contribution is 2.56. The van der Waals surface area contributed by atoms with Gasteiger partial charge in [-0.3, -0.25) is 19.3 Å². The van der Waals surface area contributed by atoms with Gasteiger partial charge in [0.25, 0.3) is 0 Å². The normalized spacial score (nSPS) is 35.9. The van der Waals surface area contributed by atoms with E-state index >= 15 is 0 Å². The van der Waals surface area contributed by atoms with Crippen molar-refractivity contribution in [2.75, 3.05) is 5.32 Å². The van der Waals surface area contributed by atoms with Gasteiger partial charge in [0, 0.05) is 12.0 Å². The van der Waals surface area contributed by atoms with Gasteiger partial charge < -0.3 is 5.32 Å². The van der Waals surface area contributed by atoms with Crippen LogP contribution < -0.4 is 5.32 Å². The van der Waals surface area contributed by atoms with Gasteiger partial charge in [-0.25, -0.2) is 0 Å². The summed E-state index contributed by atoms with van der Waals surface area (Å²) in [6.07, 6.45) is 5.94. The van der Waals surface area contributed by atoms with Gasteiger partial charge in [-0.1, -0.05) is 29.3 Å². The summed E-state index contributed by atoms with van der Waals surface area (Å²) in [6.45, 7) is 0. The first-order chi connectivity index (χ1) is 14.0. The minimum atomic E-state index is -0.148. The Bertz CT molecular complexity index is 853. The SMILES string of the molecule is O=C(Nc1cccc(Cl)c1Cl)C1CCC(N2C(=O)[C@@H]3[C@H]4CC[C@@H](C4)[C@@H]3C2=O)CC1. The minimum absolute atomic E-state index is 0.0567. The number of carbonyl (C=O) groups is 3. The first-order valence-corrected chi connectivity index (χ1v) is 11.3. The molecule has 0 radical (unpaired) electrons. The summed E-state index contributed by atoms with van der Waals surface area (Å²) in [5.74, 6) is 0.592. The van der Waals surface area contributed by atoms with E-state index in [-0.39, 0.29) is 41.5 Å². The van der Waals surface area contributed by atoms with E-state index in [0.717, 1.165) is 19.3 Å². The summed E-state index contributed by atoms with van der Waals surface area (Å²) in [6, 6.07) is 5.09. The van der Waals surface area contributed by atoms with Crippen molar-refractivity contribution >= 4 is 46.6 Å². The molecule has 0 aromatic heterocycles. The molecule has 1 heterocycles. The standard InChI is InChI=1S/C22H24Cl2N2O3/c23-15-2-1-3-16(19(15)24)25-20(27)11-6-8-14(9-7-11)26-21(28)17-12-4-5-13(10-12)18(17)22(26)29/h1-3,11-14,17-18H,4-10H2,(H,25,27)/t11?,12-,13-,14?,17-,18+/m0/s1. The van der Waals surface area contributed by atoms with E-state index < -0.39 is 0 Å². The van der Waals surface area contributed by atoms with E-state index in [1.807, 2.05) is 0 Å². The van der Waals surface area contributed by atoms with Crippen LogP contribution in [0, 0.1) is 29.6 Å². The van der Waals surface area contributed by atoms with Crippen LogP contribution in [-0.4, -0.2) is 28.7 Å². The molecule has 3 amide bonds. The Balaban J connectivity index is 1.22. The third kappa shape index (κ3) is 3.09. The molecule has 1 aromatic rings. The van der Waals surface area contributed by atoms with Crippen molar-refractivity contribution < 1.29 is 14.4 Å². The molecule has 0 unspecified atom stereocenters. The number of halogens is 2. The molecule has 1 saturated heterocycles. The van der Waals surface area contributed by atoms with Gasteiger partial charge in [-0.2, -0.15) is 0 Å². The first kappa shape index (κ1) is 19.4. The highest BCUT2D eigenvalue weighted by molar-refractivity contribution is 6.44. The Labute approximate surface area is 180 Å². The molecule has 3 aliphatic carbocycles. The van der Waals surface area contributed by atoms with E-state index in [0.29, 0.717) is 53.3 Å². The van der Waals surface area contributed by atoms with E-state index in [2.05, 4.69) is 5.32 Å². The smallest absolute Gasteiger partial charge is 0.233 e. The number of nitrogens with zero attached hydrogens (tertiary/aromatic N) is 1. The van der Waals surface area contributed by atoms with Crippen LogP contribution >= 0.6 is 23.2 Å². The van der Waals surface area contributed by atoms with Crippen molar-refractivity contribution in [3.05, 3.63) is 28.2 Å². The monoisotopic (exact) mass is 434 g/mol. The fraction of sp³-hybridized carbons (Fsp3) is 0.591. The van der Waals surface area contributed by atoms with Crippen LogP contribution in [0.3, 0.4) is 0 Å². The molecular formula is C22H24Cl2N2O3. The predicted octanol–water partition coefficient (Wildman–Crippen LogP) is 4.52. The number of benzene rings is 1. The summed E-state index contributed by atoms with van der Waals surface area (Å²) in [5, 5.41) is 3.61. The number of likely N-dealkylation sites (tertiary alicyclic amines) is 1. The maximum Gasteiger partial charge on any atom is 0.233 e. The zero-order valence-electron chi connectivity index (χ0n) is 16.1. The number of imide groups is 1. The second kappa shape index (κ2) is 7.28. The lowest BCUT2D eigenvalue weighted by molar-refractivity contribution is -0.144. The highest BCUT2D eigenvalue weighted by atomic mass is 35.5. The molecule has 3 saturated carbocycles. The largest absolute Gasteiger partial charge is 0.324 e. The summed E-state index contributed by atoms with van der Waals surface area (Å²) in [4.78, 5) is 40.3. The molecule has 2 bridgehead atoms. The fourth-order valence-electron chi connectivity index (χ4n) is 6.22.